The van der Waals surface area contributed by atoms with E-state index in [-0.39, 0.29) is 0 Å². The second kappa shape index (κ2) is 2.53. The fraction of sp³-hybridized carbons (Fsp3) is 0. The molecule has 0 saturated carbocycles. The number of rotatable bonds is 1. The van der Waals surface area contributed by atoms with Gasteiger partial charge in [-0.3, -0.25) is 0 Å². The molecule has 0 unspecified atom stereocenters. The van der Waals surface area contributed by atoms with E-state index in [1.807, 2.05) is 0 Å². The van der Waals surface area contributed by atoms with Crippen molar-refractivity contribution >= 4 is 14.3 Å². The van der Waals surface area contributed by atoms with E-state index in [1.54, 1.807) is 0 Å². The van der Waals surface area contributed by atoms with Crippen LogP contribution in [0.2, 0.25) is 0 Å². The first-order chi connectivity index (χ1) is 2.41. The first kappa shape index (κ1) is 1.82. The van der Waals surface area contributed by atoms with E-state index in [9.17, 15) is 0 Å². The zero-order valence-corrected chi connectivity index (χ0v) is 2.18. The van der Waals surface area contributed by atoms with Crippen LogP contribution in [0.25, 0.3) is 0 Å². The summed E-state index contributed by atoms with van der Waals surface area (Å²) in [5, 5.41) is 6.01. The quantitative estimate of drug-likeness (QED) is 0.223. The van der Waals surface area contributed by atoms with Crippen LogP contribution in [0.4, 0.5) is 0 Å². The summed E-state index contributed by atoms with van der Waals surface area (Å²) in [5.41, 5.74) is 0. The summed E-state index contributed by atoms with van der Waals surface area (Å²) in [6.07, 6.45) is 0. The van der Waals surface area contributed by atoms with Crippen molar-refractivity contribution in [2.24, 2.45) is 10.1 Å². The Balaban J connectivity index is 2.92. The molecule has 0 rings (SSSR count). The van der Waals surface area contributed by atoms with Crippen molar-refractivity contribution in [2.45, 2.75) is 0 Å². The minimum atomic E-state index is 0.826. The van der Waals surface area contributed by atoms with Crippen LogP contribution in [-0.4, -0.2) is 14.3 Å². The topological polar surface area (TPSA) is 24.7 Å². The average molecular weight is 55.9 g/mol. The van der Waals surface area contributed by atoms with Crippen LogP contribution in [0, 0.1) is 0 Å². The molecule has 0 aromatic carbocycles. The predicted octanol–water partition coefficient (Wildman–Crippen LogP) is -0.314. The number of nitrogens with zero attached hydrogens (tertiary/aromatic N) is 2. The Bertz CT molecular complexity index is 51.6. The summed E-state index contributed by atoms with van der Waals surface area (Å²) in [6, 6.07) is 0. The molecule has 0 spiro atoms. The standard InChI is InChI=1S/CH3BN2/c1-3-4-2/h2H,1H2/i1T/b3-1+. The van der Waals surface area contributed by atoms with Crippen molar-refractivity contribution in [3.8, 4) is 0 Å². The Morgan fingerprint density at radius 3 is 3.00 bits per heavy atom. The van der Waals surface area contributed by atoms with Crippen LogP contribution >= 0.6 is 0 Å². The van der Waals surface area contributed by atoms with Crippen LogP contribution in [0.15, 0.2) is 10.1 Å². The van der Waals surface area contributed by atoms with Gasteiger partial charge in [0.2, 0.25) is 0 Å². The van der Waals surface area contributed by atoms with Crippen molar-refractivity contribution in [1.29, 1.82) is 0 Å². The van der Waals surface area contributed by atoms with E-state index in [4.69, 9.17) is 1.37 Å². The van der Waals surface area contributed by atoms with Crippen LogP contribution < -0.4 is 0 Å². The molecule has 0 aliphatic rings. The molecular weight excluding hydrogens is 50.8 g/mol. The Morgan fingerprint density at radius 2 is 3.00 bits per heavy atom. The minimum absolute atomic E-state index is 0.826. The maximum absolute atomic E-state index is 6.18. The monoisotopic (exact) mass is 56.0 g/mol. The Labute approximate surface area is 27.1 Å². The molecule has 0 saturated heterocycles. The van der Waals surface area contributed by atoms with Gasteiger partial charge in [-0.25, -0.2) is 0 Å². The van der Waals surface area contributed by atoms with Gasteiger partial charge in [-0.05, 0) is 0 Å². The number of hydrogen-bond acceptors (Lipinski definition) is 2. The molecule has 0 bridgehead atoms. The molecule has 0 fully saturated rings. The summed E-state index contributed by atoms with van der Waals surface area (Å²) in [7, 11) is 2.98. The van der Waals surface area contributed by atoms with Crippen molar-refractivity contribution in [3.63, 3.8) is 0 Å². The van der Waals surface area contributed by atoms with Crippen LogP contribution in [0.3, 0.4) is 0 Å². The summed E-state index contributed by atoms with van der Waals surface area (Å²) in [4.78, 5) is 0. The molecule has 0 aliphatic heterocycles. The zero-order chi connectivity index (χ0) is 4.12. The summed E-state index contributed by atoms with van der Waals surface area (Å²) < 4.78 is 6.18. The third-order valence-corrected chi connectivity index (χ3v) is 0.0816. The first-order valence-electron chi connectivity index (χ1n) is 1.35. The Morgan fingerprint density at radius 1 is 2.25 bits per heavy atom. The molecule has 0 aliphatic carbocycles. The van der Waals surface area contributed by atoms with Gasteiger partial charge in [0.15, 0.2) is 0 Å². The van der Waals surface area contributed by atoms with Crippen molar-refractivity contribution in [1.82, 2.24) is 0 Å². The van der Waals surface area contributed by atoms with Gasteiger partial charge in [-0.15, -0.1) is 0 Å². The fourth-order valence-electron chi connectivity index (χ4n) is 0. The summed E-state index contributed by atoms with van der Waals surface area (Å²) in [5.74, 6) is 0. The maximum atomic E-state index is 6.18. The first-order valence-corrected chi connectivity index (χ1v) is 0.774. The zero-order valence-electron chi connectivity index (χ0n) is 3.18. The molecule has 20 valence electrons. The Kier molecular flexibility index (Phi) is 1.15. The third-order valence-electron chi connectivity index (χ3n) is 0.0816. The molecule has 2 nitrogen and oxygen atoms in total. The third kappa shape index (κ3) is 1.53. The molecule has 0 radical (unpaired) electrons. The van der Waals surface area contributed by atoms with Gasteiger partial charge in [0.05, 0.1) is 0 Å². The molecular formula is CH3BN2. The van der Waals surface area contributed by atoms with Gasteiger partial charge in [-0.1, -0.05) is 0 Å². The predicted molar refractivity (Wildman–Crippen MR) is 19.1 cm³/mol. The SMILES string of the molecule is [3H]/C=N/N=B. The fourth-order valence-corrected chi connectivity index (χ4v) is 0. The van der Waals surface area contributed by atoms with Gasteiger partial charge in [0.1, 0.15) is 0 Å². The van der Waals surface area contributed by atoms with Gasteiger partial charge < -0.3 is 0 Å². The van der Waals surface area contributed by atoms with Gasteiger partial charge >= 0.3 is 25.8 Å². The van der Waals surface area contributed by atoms with E-state index in [2.05, 4.69) is 17.7 Å². The van der Waals surface area contributed by atoms with E-state index >= 15 is 0 Å². The van der Waals surface area contributed by atoms with E-state index in [1.165, 1.54) is 0 Å². The van der Waals surface area contributed by atoms with Crippen molar-refractivity contribution in [3.05, 3.63) is 0 Å². The molecule has 0 atom stereocenters. The Hall–Kier alpha value is -0.465. The van der Waals surface area contributed by atoms with E-state index < -0.39 is 0 Å². The molecule has 3 heteroatoms. The average Bonchev–Trinajstić information content (AvgIpc) is 1.41. The second-order valence-electron chi connectivity index (χ2n) is 0.257. The van der Waals surface area contributed by atoms with Crippen LogP contribution in [0.5, 0.6) is 0 Å². The molecule has 0 N–H and O–H groups in total. The normalized spacial score (nSPS) is 11.2. The molecule has 0 amide bonds. The number of hydrogen-bond donors (Lipinski definition) is 0. The van der Waals surface area contributed by atoms with E-state index in [0.717, 1.165) is 6.69 Å². The molecule has 4 heavy (non-hydrogen) atoms. The van der Waals surface area contributed by atoms with Gasteiger partial charge in [-0.2, -0.15) is 0 Å². The van der Waals surface area contributed by atoms with Crippen LogP contribution in [-0.2, 0) is 0 Å². The van der Waals surface area contributed by atoms with Crippen molar-refractivity contribution < 1.29 is 1.37 Å². The second-order valence-corrected chi connectivity index (χ2v) is 0.257. The molecule has 0 aromatic heterocycles. The van der Waals surface area contributed by atoms with Gasteiger partial charge in [0, 0.05) is 0 Å². The summed E-state index contributed by atoms with van der Waals surface area (Å²) >= 11 is 0. The summed E-state index contributed by atoms with van der Waals surface area (Å²) in [6.45, 7) is 0.826. The van der Waals surface area contributed by atoms with E-state index in [0.29, 0.717) is 0 Å². The van der Waals surface area contributed by atoms with Gasteiger partial charge in [0.25, 0.3) is 0 Å². The van der Waals surface area contributed by atoms with Crippen LogP contribution in [0.1, 0.15) is 1.37 Å². The molecule has 0 aromatic rings. The molecule has 0 heterocycles. The van der Waals surface area contributed by atoms with Crippen molar-refractivity contribution in [2.75, 3.05) is 0 Å².